The van der Waals surface area contributed by atoms with E-state index in [1.807, 2.05) is 12.1 Å². The molecule has 0 spiro atoms. The van der Waals surface area contributed by atoms with Gasteiger partial charge in [0.2, 0.25) is 0 Å². The Balaban J connectivity index is 2.24. The van der Waals surface area contributed by atoms with E-state index in [0.29, 0.717) is 5.69 Å². The number of aromatic hydroxyl groups is 1. The van der Waals surface area contributed by atoms with Gasteiger partial charge in [-0.1, -0.05) is 51.2 Å². The number of benzene rings is 1. The molecule has 0 saturated heterocycles. The summed E-state index contributed by atoms with van der Waals surface area (Å²) >= 11 is 0. The van der Waals surface area contributed by atoms with Crippen LogP contribution in [0.1, 0.15) is 51.0 Å². The van der Waals surface area contributed by atoms with Gasteiger partial charge in [0.05, 0.1) is 5.69 Å². The van der Waals surface area contributed by atoms with Crippen LogP contribution in [0.5, 0.6) is 5.75 Å². The highest BCUT2D eigenvalue weighted by Crippen LogP contribution is 2.24. The molecule has 0 fully saturated rings. The maximum Gasteiger partial charge on any atom is 0.138 e. The van der Waals surface area contributed by atoms with Crippen LogP contribution >= 0.6 is 0 Å². The van der Waals surface area contributed by atoms with Crippen molar-refractivity contribution in [2.45, 2.75) is 51.9 Å². The van der Waals surface area contributed by atoms with E-state index in [1.54, 1.807) is 6.07 Å². The Hall–Kier alpha value is -1.18. The van der Waals surface area contributed by atoms with Crippen LogP contribution in [0.4, 0.5) is 5.69 Å². The Morgan fingerprint density at radius 1 is 1.06 bits per heavy atom. The summed E-state index contributed by atoms with van der Waals surface area (Å²) in [5, 5.41) is 9.45. The van der Waals surface area contributed by atoms with Crippen molar-refractivity contribution in [3.05, 3.63) is 23.8 Å². The van der Waals surface area contributed by atoms with Crippen molar-refractivity contribution in [2.75, 3.05) is 5.73 Å². The molecule has 0 aliphatic carbocycles. The van der Waals surface area contributed by atoms with Crippen molar-refractivity contribution in [3.8, 4) is 5.75 Å². The monoisotopic (exact) mass is 221 g/mol. The highest BCUT2D eigenvalue weighted by Gasteiger charge is 2.02. The molecule has 1 aromatic rings. The number of aryl methyl sites for hydroxylation is 1. The van der Waals surface area contributed by atoms with E-state index in [9.17, 15) is 5.11 Å². The molecule has 0 heterocycles. The quantitative estimate of drug-likeness (QED) is 0.417. The summed E-state index contributed by atoms with van der Waals surface area (Å²) in [7, 11) is 0. The van der Waals surface area contributed by atoms with Crippen LogP contribution in [0.2, 0.25) is 0 Å². The fraction of sp³-hybridized carbons (Fsp3) is 0.571. The Bertz CT molecular complexity index is 310. The molecule has 0 aliphatic rings. The fourth-order valence-corrected chi connectivity index (χ4v) is 1.91. The number of para-hydroxylation sites is 1. The van der Waals surface area contributed by atoms with Crippen molar-refractivity contribution in [1.29, 1.82) is 0 Å². The number of hydrogen-bond donors (Lipinski definition) is 2. The Morgan fingerprint density at radius 2 is 1.75 bits per heavy atom. The summed E-state index contributed by atoms with van der Waals surface area (Å²) in [5.41, 5.74) is 7.43. The molecule has 0 bridgehead atoms. The van der Waals surface area contributed by atoms with Gasteiger partial charge in [0.25, 0.3) is 0 Å². The lowest BCUT2D eigenvalue weighted by Crippen LogP contribution is -1.95. The predicted molar refractivity (Wildman–Crippen MR) is 69.6 cm³/mol. The fourth-order valence-electron chi connectivity index (χ4n) is 1.91. The van der Waals surface area contributed by atoms with Gasteiger partial charge >= 0.3 is 0 Å². The number of phenols is 1. The Kier molecular flexibility index (Phi) is 5.76. The summed E-state index contributed by atoms with van der Waals surface area (Å²) in [6.07, 6.45) is 8.69. The molecule has 0 saturated carbocycles. The SMILES string of the molecule is CCCCCCCCc1cccc(O)c1N. The maximum atomic E-state index is 9.45. The lowest BCUT2D eigenvalue weighted by atomic mass is 10.0. The minimum Gasteiger partial charge on any atom is -0.506 e. The standard InChI is InChI=1S/C14H23NO/c1-2-3-4-5-6-7-9-12-10-8-11-13(16)14(12)15/h8,10-11,16H,2-7,9,15H2,1H3. The summed E-state index contributed by atoms with van der Waals surface area (Å²) in [6.45, 7) is 2.23. The average molecular weight is 221 g/mol. The summed E-state index contributed by atoms with van der Waals surface area (Å²) in [5.74, 6) is 0.212. The molecule has 0 aromatic heterocycles. The first-order valence-electron chi connectivity index (χ1n) is 6.32. The second kappa shape index (κ2) is 7.15. The van der Waals surface area contributed by atoms with Crippen molar-refractivity contribution in [2.24, 2.45) is 0 Å². The molecular formula is C14H23NO. The van der Waals surface area contributed by atoms with Gasteiger partial charge in [-0.2, -0.15) is 0 Å². The predicted octanol–water partition coefficient (Wildman–Crippen LogP) is 3.88. The molecular weight excluding hydrogens is 198 g/mol. The van der Waals surface area contributed by atoms with E-state index in [4.69, 9.17) is 5.73 Å². The smallest absolute Gasteiger partial charge is 0.138 e. The molecule has 0 aliphatic heterocycles. The van der Waals surface area contributed by atoms with E-state index in [-0.39, 0.29) is 5.75 Å². The number of anilines is 1. The molecule has 2 nitrogen and oxygen atoms in total. The molecule has 16 heavy (non-hydrogen) atoms. The van der Waals surface area contributed by atoms with E-state index in [2.05, 4.69) is 6.92 Å². The van der Waals surface area contributed by atoms with Gasteiger partial charge in [0, 0.05) is 0 Å². The first-order valence-corrected chi connectivity index (χ1v) is 6.32. The van der Waals surface area contributed by atoms with Gasteiger partial charge in [0.1, 0.15) is 5.75 Å². The van der Waals surface area contributed by atoms with Crippen LogP contribution in [0.15, 0.2) is 18.2 Å². The number of phenolic OH excluding ortho intramolecular Hbond substituents is 1. The zero-order chi connectivity index (χ0) is 11.8. The number of nitrogen functional groups attached to an aromatic ring is 1. The van der Waals surface area contributed by atoms with Crippen molar-refractivity contribution >= 4 is 5.69 Å². The lowest BCUT2D eigenvalue weighted by Gasteiger charge is -2.06. The molecule has 0 atom stereocenters. The van der Waals surface area contributed by atoms with Gasteiger partial charge in [-0.3, -0.25) is 0 Å². The zero-order valence-electron chi connectivity index (χ0n) is 10.2. The van der Waals surface area contributed by atoms with E-state index >= 15 is 0 Å². The van der Waals surface area contributed by atoms with Crippen LogP contribution in [0.25, 0.3) is 0 Å². The van der Waals surface area contributed by atoms with Gasteiger partial charge in [-0.25, -0.2) is 0 Å². The molecule has 3 N–H and O–H groups in total. The number of unbranched alkanes of at least 4 members (excludes halogenated alkanes) is 5. The van der Waals surface area contributed by atoms with Gasteiger partial charge < -0.3 is 10.8 Å². The van der Waals surface area contributed by atoms with E-state index in [0.717, 1.165) is 18.4 Å². The Labute approximate surface area is 98.5 Å². The topological polar surface area (TPSA) is 46.2 Å². The van der Waals surface area contributed by atoms with Crippen LogP contribution in [0, 0.1) is 0 Å². The Morgan fingerprint density at radius 3 is 2.50 bits per heavy atom. The second-order valence-corrected chi connectivity index (χ2v) is 4.37. The second-order valence-electron chi connectivity index (χ2n) is 4.37. The molecule has 90 valence electrons. The number of rotatable bonds is 7. The van der Waals surface area contributed by atoms with E-state index < -0.39 is 0 Å². The third-order valence-corrected chi connectivity index (χ3v) is 2.97. The summed E-state index contributed by atoms with van der Waals surface area (Å²) in [6, 6.07) is 5.50. The molecule has 0 amide bonds. The molecule has 2 heteroatoms. The maximum absolute atomic E-state index is 9.45. The third-order valence-electron chi connectivity index (χ3n) is 2.97. The van der Waals surface area contributed by atoms with E-state index in [1.165, 1.54) is 32.1 Å². The van der Waals surface area contributed by atoms with Crippen molar-refractivity contribution in [3.63, 3.8) is 0 Å². The summed E-state index contributed by atoms with van der Waals surface area (Å²) < 4.78 is 0. The van der Waals surface area contributed by atoms with Crippen LogP contribution in [-0.4, -0.2) is 5.11 Å². The summed E-state index contributed by atoms with van der Waals surface area (Å²) in [4.78, 5) is 0. The van der Waals surface area contributed by atoms with Gasteiger partial charge in [-0.05, 0) is 24.5 Å². The number of nitrogens with two attached hydrogens (primary N) is 1. The van der Waals surface area contributed by atoms with Crippen molar-refractivity contribution < 1.29 is 5.11 Å². The molecule has 1 aromatic carbocycles. The van der Waals surface area contributed by atoms with Crippen LogP contribution in [0.3, 0.4) is 0 Å². The average Bonchev–Trinajstić information content (AvgIpc) is 2.29. The minimum atomic E-state index is 0.212. The number of hydrogen-bond acceptors (Lipinski definition) is 2. The lowest BCUT2D eigenvalue weighted by molar-refractivity contribution is 0.477. The molecule has 0 unspecified atom stereocenters. The highest BCUT2D eigenvalue weighted by molar-refractivity contribution is 5.57. The molecule has 0 radical (unpaired) electrons. The van der Waals surface area contributed by atoms with Crippen LogP contribution < -0.4 is 5.73 Å². The zero-order valence-corrected chi connectivity index (χ0v) is 10.2. The normalized spacial score (nSPS) is 10.6. The molecule has 1 rings (SSSR count). The van der Waals surface area contributed by atoms with Gasteiger partial charge in [-0.15, -0.1) is 0 Å². The highest BCUT2D eigenvalue weighted by atomic mass is 16.3. The third kappa shape index (κ3) is 4.13. The largest absolute Gasteiger partial charge is 0.506 e. The van der Waals surface area contributed by atoms with Gasteiger partial charge in [0.15, 0.2) is 0 Å². The first kappa shape index (κ1) is 12.9. The van der Waals surface area contributed by atoms with Crippen LogP contribution in [-0.2, 0) is 6.42 Å². The minimum absolute atomic E-state index is 0.212. The van der Waals surface area contributed by atoms with Crippen molar-refractivity contribution in [1.82, 2.24) is 0 Å². The first-order chi connectivity index (χ1) is 7.75.